The maximum absolute atomic E-state index is 13.5. The molecule has 0 unspecified atom stereocenters. The Morgan fingerprint density at radius 1 is 1.48 bits per heavy atom. The molecule has 3 atom stereocenters. The van der Waals surface area contributed by atoms with Crippen LogP contribution < -0.4 is 5.43 Å². The van der Waals surface area contributed by atoms with Crippen LogP contribution in [0.25, 0.3) is 0 Å². The number of aryl methyl sites for hydroxylation is 1. The number of aliphatic hydroxyl groups excluding tert-OH is 1. The summed E-state index contributed by atoms with van der Waals surface area (Å²) in [7, 11) is 0. The van der Waals surface area contributed by atoms with Crippen LogP contribution in [0.2, 0.25) is 0 Å². The molecule has 8 nitrogen and oxygen atoms in total. The molecular formula is C19H31N5O3. The molecule has 0 bridgehead atoms. The molecule has 2 aliphatic heterocycles. The second-order valence-electron chi connectivity index (χ2n) is 8.34. The van der Waals surface area contributed by atoms with Crippen LogP contribution in [0.5, 0.6) is 0 Å². The Hall–Kier alpha value is -1.93. The molecule has 1 fully saturated rings. The molecular weight excluding hydrogens is 346 g/mol. The number of rotatable bonds is 5. The van der Waals surface area contributed by atoms with Crippen molar-refractivity contribution in [2.24, 2.45) is 10.9 Å². The normalized spacial score (nSPS) is 26.4. The van der Waals surface area contributed by atoms with Gasteiger partial charge in [0, 0.05) is 25.6 Å². The molecule has 27 heavy (non-hydrogen) atoms. The number of carbonyl (C=O) groups excluding carboxylic acids is 1. The molecule has 3 rings (SSSR count). The van der Waals surface area contributed by atoms with E-state index in [2.05, 4.69) is 17.5 Å². The summed E-state index contributed by atoms with van der Waals surface area (Å²) in [6.07, 6.45) is -0.0858. The lowest BCUT2D eigenvalue weighted by molar-refractivity contribution is -0.134. The number of nitrogens with one attached hydrogen (secondary N) is 1. The molecule has 0 spiro atoms. The first-order valence-corrected chi connectivity index (χ1v) is 9.69. The van der Waals surface area contributed by atoms with Gasteiger partial charge < -0.3 is 20.0 Å². The number of carbonyl (C=O) groups is 1. The lowest BCUT2D eigenvalue weighted by atomic mass is 9.91. The van der Waals surface area contributed by atoms with Gasteiger partial charge in [-0.25, -0.2) is 4.99 Å². The van der Waals surface area contributed by atoms with Gasteiger partial charge in [0.05, 0.1) is 17.8 Å². The zero-order chi connectivity index (χ0) is 19.9. The maximum Gasteiger partial charge on any atom is 0.234 e. The Balaban J connectivity index is 1.88. The van der Waals surface area contributed by atoms with Crippen molar-refractivity contribution in [1.29, 1.82) is 0 Å². The minimum Gasteiger partial charge on any atom is -0.391 e. The molecule has 2 N–H and O–H groups in total. The van der Waals surface area contributed by atoms with Crippen molar-refractivity contribution in [2.45, 2.75) is 71.7 Å². The number of β-amino-alcohol motifs (C(OH)–C–C–N with tert-alkyl or cyclic N) is 1. The molecule has 0 saturated carbocycles. The van der Waals surface area contributed by atoms with Gasteiger partial charge in [-0.3, -0.25) is 4.79 Å². The van der Waals surface area contributed by atoms with Gasteiger partial charge in [-0.05, 0) is 26.7 Å². The first-order valence-electron chi connectivity index (χ1n) is 9.69. The average molecular weight is 377 g/mol. The van der Waals surface area contributed by atoms with Crippen molar-refractivity contribution < 1.29 is 14.4 Å². The Morgan fingerprint density at radius 3 is 2.70 bits per heavy atom. The molecule has 2 aliphatic rings. The third-order valence-corrected chi connectivity index (χ3v) is 5.38. The van der Waals surface area contributed by atoms with E-state index in [0.717, 1.165) is 18.1 Å². The van der Waals surface area contributed by atoms with Gasteiger partial charge in [-0.15, -0.1) is 0 Å². The van der Waals surface area contributed by atoms with Crippen LogP contribution in [-0.4, -0.2) is 62.8 Å². The summed E-state index contributed by atoms with van der Waals surface area (Å²) in [5.41, 5.74) is 3.70. The largest absolute Gasteiger partial charge is 0.391 e. The van der Waals surface area contributed by atoms with Crippen LogP contribution in [0.3, 0.4) is 0 Å². The number of amidine groups is 1. The summed E-state index contributed by atoms with van der Waals surface area (Å²) in [6, 6.07) is 1.55. The van der Waals surface area contributed by atoms with Crippen LogP contribution in [0.15, 0.2) is 15.6 Å². The van der Waals surface area contributed by atoms with E-state index < -0.39 is 12.0 Å². The van der Waals surface area contributed by atoms with E-state index in [9.17, 15) is 9.90 Å². The molecule has 1 aromatic rings. The second kappa shape index (κ2) is 7.24. The Morgan fingerprint density at radius 2 is 2.19 bits per heavy atom. The fourth-order valence-electron chi connectivity index (χ4n) is 4.03. The van der Waals surface area contributed by atoms with E-state index >= 15 is 0 Å². The van der Waals surface area contributed by atoms with Crippen LogP contribution >= 0.6 is 0 Å². The van der Waals surface area contributed by atoms with Gasteiger partial charge in [0.25, 0.3) is 0 Å². The lowest BCUT2D eigenvalue weighted by Gasteiger charge is -2.30. The number of nitrogens with zero attached hydrogens (tertiary/aromatic N) is 4. The number of hydrazine groups is 1. The molecule has 3 heterocycles. The minimum atomic E-state index is -0.563. The smallest absolute Gasteiger partial charge is 0.234 e. The predicted octanol–water partition coefficient (Wildman–Crippen LogP) is 1.66. The van der Waals surface area contributed by atoms with Crippen molar-refractivity contribution in [3.8, 4) is 0 Å². The standard InChI is InChI=1S/C19H31N5O3/c1-7-24-19(5,6)20-17(21-24)14-9-13(25)10-23(14)18(26)16(11(2)3)15-8-12(4)22-27-15/h8,11,13-14,16,25H,7,9-10H2,1-6H3,(H,20,21)/t13-,14+,16-/m1/s1. The van der Waals surface area contributed by atoms with E-state index in [0.29, 0.717) is 18.7 Å². The van der Waals surface area contributed by atoms with Gasteiger partial charge in [-0.2, -0.15) is 5.01 Å². The van der Waals surface area contributed by atoms with E-state index in [1.807, 2.05) is 45.7 Å². The predicted molar refractivity (Wildman–Crippen MR) is 102 cm³/mol. The van der Waals surface area contributed by atoms with Crippen molar-refractivity contribution in [1.82, 2.24) is 20.5 Å². The number of likely N-dealkylation sites (tertiary alicyclic amines) is 1. The Labute approximate surface area is 160 Å². The second-order valence-corrected chi connectivity index (χ2v) is 8.34. The van der Waals surface area contributed by atoms with Crippen LogP contribution in [-0.2, 0) is 4.79 Å². The molecule has 150 valence electrons. The molecule has 8 heteroatoms. The molecule has 0 radical (unpaired) electrons. The third kappa shape index (κ3) is 3.73. The van der Waals surface area contributed by atoms with E-state index in [4.69, 9.17) is 9.52 Å². The van der Waals surface area contributed by atoms with E-state index in [1.165, 1.54) is 0 Å². The number of hydrogen-bond acceptors (Lipinski definition) is 7. The van der Waals surface area contributed by atoms with E-state index in [1.54, 1.807) is 4.90 Å². The van der Waals surface area contributed by atoms with Crippen LogP contribution in [0.4, 0.5) is 0 Å². The van der Waals surface area contributed by atoms with Crippen molar-refractivity contribution in [3.63, 3.8) is 0 Å². The SMILES string of the molecule is CCN1NC([C@@H]2C[C@@H](O)CN2C(=O)[C@@H](c2cc(C)no2)C(C)C)=NC1(C)C. The van der Waals surface area contributed by atoms with E-state index in [-0.39, 0.29) is 23.5 Å². The van der Waals surface area contributed by atoms with Gasteiger partial charge in [0.1, 0.15) is 23.2 Å². The summed E-state index contributed by atoms with van der Waals surface area (Å²) in [5, 5.41) is 16.3. The van der Waals surface area contributed by atoms with Gasteiger partial charge >= 0.3 is 0 Å². The number of aliphatic imine (C=N–C) groups is 1. The number of aromatic nitrogens is 1. The van der Waals surface area contributed by atoms with Crippen molar-refractivity contribution in [2.75, 3.05) is 13.1 Å². The zero-order valence-electron chi connectivity index (χ0n) is 17.1. The third-order valence-electron chi connectivity index (χ3n) is 5.38. The summed E-state index contributed by atoms with van der Waals surface area (Å²) in [4.78, 5) is 20.0. The molecule has 1 saturated heterocycles. The van der Waals surface area contributed by atoms with Crippen LogP contribution in [0, 0.1) is 12.8 Å². The van der Waals surface area contributed by atoms with Crippen molar-refractivity contribution in [3.05, 3.63) is 17.5 Å². The minimum absolute atomic E-state index is 0.0466. The fraction of sp³-hybridized carbons (Fsp3) is 0.737. The molecule has 1 aromatic heterocycles. The molecule has 0 aromatic carbocycles. The summed E-state index contributed by atoms with van der Waals surface area (Å²) in [6.45, 7) is 13.0. The first kappa shape index (κ1) is 19.8. The molecule has 1 amide bonds. The topological polar surface area (TPSA) is 94.2 Å². The number of amides is 1. The Bertz CT molecular complexity index is 727. The summed E-state index contributed by atoms with van der Waals surface area (Å²) in [5.74, 6) is 0.869. The monoisotopic (exact) mass is 377 g/mol. The highest BCUT2D eigenvalue weighted by molar-refractivity contribution is 5.94. The average Bonchev–Trinajstić information content (AvgIpc) is 3.24. The van der Waals surface area contributed by atoms with Crippen molar-refractivity contribution >= 4 is 11.7 Å². The van der Waals surface area contributed by atoms with Gasteiger partial charge in [0.15, 0.2) is 0 Å². The quantitative estimate of drug-likeness (QED) is 0.810. The first-order chi connectivity index (χ1) is 12.6. The van der Waals surface area contributed by atoms with Gasteiger partial charge in [-0.1, -0.05) is 25.9 Å². The highest BCUT2D eigenvalue weighted by atomic mass is 16.5. The van der Waals surface area contributed by atoms with Crippen LogP contribution in [0.1, 0.15) is 58.4 Å². The highest BCUT2D eigenvalue weighted by Gasteiger charge is 2.45. The van der Waals surface area contributed by atoms with Gasteiger partial charge in [0.2, 0.25) is 5.91 Å². The number of hydrogen-bond donors (Lipinski definition) is 2. The number of aliphatic hydroxyl groups is 1. The Kier molecular flexibility index (Phi) is 5.31. The summed E-state index contributed by atoms with van der Waals surface area (Å²) < 4.78 is 5.41. The fourth-order valence-corrected chi connectivity index (χ4v) is 4.03. The maximum atomic E-state index is 13.5. The summed E-state index contributed by atoms with van der Waals surface area (Å²) >= 11 is 0. The lowest BCUT2D eigenvalue weighted by Crippen LogP contribution is -2.51. The highest BCUT2D eigenvalue weighted by Crippen LogP contribution is 2.32. The zero-order valence-corrected chi connectivity index (χ0v) is 17.1. The molecule has 0 aliphatic carbocycles.